The fraction of sp³-hybridized carbons (Fsp3) is 0.700. The third kappa shape index (κ3) is 3.78. The van der Waals surface area contributed by atoms with Crippen LogP contribution in [-0.2, 0) is 0 Å². The molecule has 3 heteroatoms. The first kappa shape index (κ1) is 18.4. The average molecular weight is 320 g/mol. The summed E-state index contributed by atoms with van der Waals surface area (Å²) in [5.41, 5.74) is 2.26. The van der Waals surface area contributed by atoms with Crippen molar-refractivity contribution in [1.29, 1.82) is 0 Å². The standard InChI is InChI=1S/C20H32O3/c1-12(2)7-6-10-20(5,23)18-16(21)11-14(4)15-9-8-13(3)17(15)19(18)22/h7-8,15-19,21-23H,4,6,9-11H2,1-3,5H3/t15-,16+,17+,18+,19-,20-/m0/s1. The van der Waals surface area contributed by atoms with Crippen molar-refractivity contribution in [2.75, 3.05) is 0 Å². The van der Waals surface area contributed by atoms with E-state index in [4.69, 9.17) is 0 Å². The highest BCUT2D eigenvalue weighted by molar-refractivity contribution is 5.26. The first-order chi connectivity index (χ1) is 10.6. The Bertz CT molecular complexity index is 511. The minimum atomic E-state index is -1.11. The van der Waals surface area contributed by atoms with Crippen molar-refractivity contribution in [2.45, 2.75) is 71.2 Å². The van der Waals surface area contributed by atoms with Gasteiger partial charge in [-0.05, 0) is 59.3 Å². The SMILES string of the molecule is C=C1C[C@@H](O)[C@@H]([C@@](C)(O)CCC=C(C)C)[C@@H](O)[C@@H]2C(C)=CC[C@@H]12. The van der Waals surface area contributed by atoms with Crippen molar-refractivity contribution in [1.82, 2.24) is 0 Å². The second kappa shape index (κ2) is 6.92. The van der Waals surface area contributed by atoms with Gasteiger partial charge in [0.1, 0.15) is 0 Å². The van der Waals surface area contributed by atoms with E-state index in [1.165, 1.54) is 5.57 Å². The molecule has 130 valence electrons. The van der Waals surface area contributed by atoms with E-state index in [0.29, 0.717) is 12.8 Å². The van der Waals surface area contributed by atoms with Crippen molar-refractivity contribution in [3.8, 4) is 0 Å². The molecule has 6 atom stereocenters. The van der Waals surface area contributed by atoms with E-state index in [9.17, 15) is 15.3 Å². The molecule has 23 heavy (non-hydrogen) atoms. The lowest BCUT2D eigenvalue weighted by Gasteiger charge is -2.40. The van der Waals surface area contributed by atoms with E-state index in [1.54, 1.807) is 6.92 Å². The summed E-state index contributed by atoms with van der Waals surface area (Å²) in [7, 11) is 0. The van der Waals surface area contributed by atoms with Crippen LogP contribution >= 0.6 is 0 Å². The molecule has 0 heterocycles. The van der Waals surface area contributed by atoms with Crippen molar-refractivity contribution >= 4 is 0 Å². The number of aliphatic hydroxyl groups excluding tert-OH is 2. The van der Waals surface area contributed by atoms with Gasteiger partial charge in [0.2, 0.25) is 0 Å². The molecular formula is C20H32O3. The first-order valence-electron chi connectivity index (χ1n) is 8.71. The third-order valence-electron chi connectivity index (χ3n) is 5.72. The van der Waals surface area contributed by atoms with Crippen LogP contribution in [0.5, 0.6) is 0 Å². The number of aliphatic hydroxyl groups is 3. The summed E-state index contributed by atoms with van der Waals surface area (Å²) in [6.45, 7) is 12.0. The number of fused-ring (bicyclic) bond motifs is 1. The summed E-state index contributed by atoms with van der Waals surface area (Å²) in [6.07, 6.45) is 5.38. The number of allylic oxidation sites excluding steroid dienone is 3. The summed E-state index contributed by atoms with van der Waals surface area (Å²) in [4.78, 5) is 0. The Morgan fingerprint density at radius 2 is 2.04 bits per heavy atom. The van der Waals surface area contributed by atoms with Crippen LogP contribution in [0.4, 0.5) is 0 Å². The molecule has 0 aromatic carbocycles. The predicted molar refractivity (Wildman–Crippen MR) is 93.9 cm³/mol. The highest BCUT2D eigenvalue weighted by atomic mass is 16.3. The van der Waals surface area contributed by atoms with E-state index in [2.05, 4.69) is 18.7 Å². The number of hydrogen-bond acceptors (Lipinski definition) is 3. The zero-order chi connectivity index (χ0) is 17.4. The first-order valence-corrected chi connectivity index (χ1v) is 8.71. The molecule has 2 rings (SSSR count). The molecule has 1 fully saturated rings. The molecule has 0 aromatic heterocycles. The number of hydrogen-bond donors (Lipinski definition) is 3. The van der Waals surface area contributed by atoms with Crippen molar-refractivity contribution in [3.63, 3.8) is 0 Å². The zero-order valence-electron chi connectivity index (χ0n) is 14.9. The smallest absolute Gasteiger partial charge is 0.0700 e. The zero-order valence-corrected chi connectivity index (χ0v) is 14.9. The van der Waals surface area contributed by atoms with E-state index < -0.39 is 23.7 Å². The lowest BCUT2D eigenvalue weighted by atomic mass is 9.73. The summed E-state index contributed by atoms with van der Waals surface area (Å²) in [5.74, 6) is -0.390. The molecular weight excluding hydrogens is 288 g/mol. The monoisotopic (exact) mass is 320 g/mol. The molecule has 0 aliphatic heterocycles. The minimum absolute atomic E-state index is 0.0282. The predicted octanol–water partition coefficient (Wildman–Crippen LogP) is 3.36. The Balaban J connectivity index is 2.26. The van der Waals surface area contributed by atoms with Gasteiger partial charge in [0.15, 0.2) is 0 Å². The highest BCUT2D eigenvalue weighted by Gasteiger charge is 2.50. The van der Waals surface area contributed by atoms with Gasteiger partial charge in [-0.15, -0.1) is 0 Å². The largest absolute Gasteiger partial charge is 0.392 e. The van der Waals surface area contributed by atoms with Gasteiger partial charge in [-0.2, -0.15) is 0 Å². The maximum atomic E-state index is 11.0. The third-order valence-corrected chi connectivity index (χ3v) is 5.72. The average Bonchev–Trinajstić information content (AvgIpc) is 2.74. The molecule has 0 unspecified atom stereocenters. The topological polar surface area (TPSA) is 60.7 Å². The lowest BCUT2D eigenvalue weighted by molar-refractivity contribution is -0.121. The highest BCUT2D eigenvalue weighted by Crippen LogP contribution is 2.48. The maximum Gasteiger partial charge on any atom is 0.0700 e. The molecule has 2 aliphatic carbocycles. The van der Waals surface area contributed by atoms with Gasteiger partial charge in [0.05, 0.1) is 17.8 Å². The molecule has 0 bridgehead atoms. The molecule has 3 N–H and O–H groups in total. The van der Waals surface area contributed by atoms with Crippen LogP contribution < -0.4 is 0 Å². The summed E-state index contributed by atoms with van der Waals surface area (Å²) in [6, 6.07) is 0. The Hall–Kier alpha value is -0.900. The Morgan fingerprint density at radius 1 is 1.39 bits per heavy atom. The quantitative estimate of drug-likeness (QED) is 0.696. The van der Waals surface area contributed by atoms with Gasteiger partial charge < -0.3 is 15.3 Å². The van der Waals surface area contributed by atoms with Gasteiger partial charge >= 0.3 is 0 Å². The van der Waals surface area contributed by atoms with E-state index >= 15 is 0 Å². The second-order valence-electron chi connectivity index (χ2n) is 7.94. The van der Waals surface area contributed by atoms with Crippen LogP contribution in [0.2, 0.25) is 0 Å². The molecule has 0 radical (unpaired) electrons. The van der Waals surface area contributed by atoms with E-state index in [0.717, 1.165) is 24.0 Å². The van der Waals surface area contributed by atoms with Crippen molar-refractivity contribution in [3.05, 3.63) is 35.5 Å². The van der Waals surface area contributed by atoms with Crippen molar-refractivity contribution < 1.29 is 15.3 Å². The Kier molecular flexibility index (Phi) is 5.55. The second-order valence-corrected chi connectivity index (χ2v) is 7.94. The van der Waals surface area contributed by atoms with Crippen LogP contribution in [0.1, 0.15) is 53.4 Å². The van der Waals surface area contributed by atoms with Crippen LogP contribution in [-0.4, -0.2) is 33.1 Å². The summed E-state index contributed by atoms with van der Waals surface area (Å²) in [5, 5.41) is 32.7. The Labute approximate surface area is 140 Å². The van der Waals surface area contributed by atoms with Crippen molar-refractivity contribution in [2.24, 2.45) is 17.8 Å². The van der Waals surface area contributed by atoms with Gasteiger partial charge in [-0.25, -0.2) is 0 Å². The maximum absolute atomic E-state index is 11.0. The molecule has 0 spiro atoms. The fourth-order valence-electron chi connectivity index (χ4n) is 4.44. The van der Waals surface area contributed by atoms with Gasteiger partial charge in [0.25, 0.3) is 0 Å². The molecule has 0 saturated heterocycles. The minimum Gasteiger partial charge on any atom is -0.392 e. The van der Waals surface area contributed by atoms with Gasteiger partial charge in [0, 0.05) is 11.8 Å². The van der Waals surface area contributed by atoms with Gasteiger partial charge in [-0.1, -0.05) is 35.5 Å². The normalized spacial score (nSPS) is 36.7. The van der Waals surface area contributed by atoms with Crippen LogP contribution in [0.25, 0.3) is 0 Å². The molecule has 0 amide bonds. The van der Waals surface area contributed by atoms with E-state index in [-0.39, 0.29) is 11.8 Å². The van der Waals surface area contributed by atoms with Gasteiger partial charge in [-0.3, -0.25) is 0 Å². The summed E-state index contributed by atoms with van der Waals surface area (Å²) >= 11 is 0. The van der Waals surface area contributed by atoms with E-state index in [1.807, 2.05) is 20.8 Å². The number of rotatable bonds is 4. The van der Waals surface area contributed by atoms with Crippen LogP contribution in [0.15, 0.2) is 35.5 Å². The summed E-state index contributed by atoms with van der Waals surface area (Å²) < 4.78 is 0. The molecule has 3 nitrogen and oxygen atoms in total. The van der Waals surface area contributed by atoms with Crippen LogP contribution in [0, 0.1) is 17.8 Å². The molecule has 1 saturated carbocycles. The molecule has 0 aromatic rings. The fourth-order valence-corrected chi connectivity index (χ4v) is 4.44. The van der Waals surface area contributed by atoms with Crippen LogP contribution in [0.3, 0.4) is 0 Å². The molecule has 2 aliphatic rings. The lowest BCUT2D eigenvalue weighted by Crippen LogP contribution is -2.50. The Morgan fingerprint density at radius 3 is 2.65 bits per heavy atom.